The summed E-state index contributed by atoms with van der Waals surface area (Å²) in [5.74, 6) is -1.27. The Kier molecular flexibility index (Phi) is 8.27. The van der Waals surface area contributed by atoms with E-state index < -0.39 is 21.8 Å². The summed E-state index contributed by atoms with van der Waals surface area (Å²) in [5, 5.41) is 11.1. The molecule has 7 nitrogen and oxygen atoms in total. The molecule has 0 aliphatic carbocycles. The minimum atomic E-state index is -4.12. The normalized spacial score (nSPS) is 12.2. The fourth-order valence-electron chi connectivity index (χ4n) is 1.25. The summed E-state index contributed by atoms with van der Waals surface area (Å²) in [7, 11) is -4.12. The molecule has 0 aliphatic heterocycles. The van der Waals surface area contributed by atoms with Gasteiger partial charge in [0.25, 0.3) is 16.0 Å². The lowest BCUT2D eigenvalue weighted by Gasteiger charge is -2.13. The van der Waals surface area contributed by atoms with Crippen molar-refractivity contribution in [3.05, 3.63) is 23.9 Å². The summed E-state index contributed by atoms with van der Waals surface area (Å²) >= 11 is 0. The molecule has 0 aromatic carbocycles. The van der Waals surface area contributed by atoms with Crippen LogP contribution in [0.4, 0.5) is 0 Å². The van der Waals surface area contributed by atoms with Crippen LogP contribution in [0.3, 0.4) is 0 Å². The van der Waals surface area contributed by atoms with Crippen LogP contribution >= 0.6 is 0 Å². The Balaban J connectivity index is 4.52. The summed E-state index contributed by atoms with van der Waals surface area (Å²) in [5.41, 5.74) is -0.135. The number of nitrogens with one attached hydrogen (secondary N) is 1. The summed E-state index contributed by atoms with van der Waals surface area (Å²) in [6.07, 6.45) is 4.68. The van der Waals surface area contributed by atoms with Gasteiger partial charge in [-0.15, -0.1) is 0 Å². The summed E-state index contributed by atoms with van der Waals surface area (Å²) < 4.78 is 29.5. The maximum Gasteiger partial charge on any atom is 0.266 e. The Labute approximate surface area is 119 Å². The minimum Gasteiger partial charge on any atom is -0.378 e. The Morgan fingerprint density at radius 3 is 2.45 bits per heavy atom. The average Bonchev–Trinajstić information content (AvgIpc) is 2.37. The summed E-state index contributed by atoms with van der Waals surface area (Å²) in [6.45, 7) is 5.32. The van der Waals surface area contributed by atoms with E-state index in [4.69, 9.17) is 9.81 Å². The largest absolute Gasteiger partial charge is 0.378 e. The third-order valence-corrected chi connectivity index (χ3v) is 3.10. The van der Waals surface area contributed by atoms with Crippen LogP contribution < -0.4 is 5.32 Å². The van der Waals surface area contributed by atoms with Crippen molar-refractivity contribution < 1.29 is 17.8 Å². The molecule has 0 heterocycles. The highest BCUT2D eigenvalue weighted by atomic mass is 32.2. The second-order valence-electron chi connectivity index (χ2n) is 3.80. The van der Waals surface area contributed by atoms with Crippen molar-refractivity contribution in [3.63, 3.8) is 0 Å². The predicted molar refractivity (Wildman–Crippen MR) is 75.2 cm³/mol. The van der Waals surface area contributed by atoms with E-state index in [-0.39, 0.29) is 12.1 Å². The van der Waals surface area contributed by atoms with Gasteiger partial charge in [0.05, 0.1) is 5.75 Å². The van der Waals surface area contributed by atoms with Gasteiger partial charge in [0, 0.05) is 19.6 Å². The number of carbonyl (C=O) groups excluding carboxylic acids is 1. The molecule has 0 atom stereocenters. The van der Waals surface area contributed by atoms with Gasteiger partial charge in [-0.2, -0.15) is 13.7 Å². The number of nitrogens with zero attached hydrogens (tertiary/aromatic N) is 2. The molecular formula is C12H19N3O4S. The smallest absolute Gasteiger partial charge is 0.266 e. The number of amides is 1. The van der Waals surface area contributed by atoms with E-state index in [0.29, 0.717) is 0 Å². The molecule has 20 heavy (non-hydrogen) atoms. The highest BCUT2D eigenvalue weighted by Gasteiger charge is 2.09. The predicted octanol–water partition coefficient (Wildman–Crippen LogP) is 0.296. The molecule has 1 amide bonds. The zero-order valence-corrected chi connectivity index (χ0v) is 12.4. The molecule has 0 aromatic heterocycles. The van der Waals surface area contributed by atoms with Crippen LogP contribution in [0.2, 0.25) is 0 Å². The topological polar surface area (TPSA) is 111 Å². The van der Waals surface area contributed by atoms with Gasteiger partial charge >= 0.3 is 0 Å². The van der Waals surface area contributed by atoms with E-state index in [0.717, 1.165) is 13.1 Å². The van der Waals surface area contributed by atoms with Crippen LogP contribution in [0.1, 0.15) is 13.8 Å². The van der Waals surface area contributed by atoms with Crippen molar-refractivity contribution in [3.8, 4) is 6.07 Å². The number of nitriles is 1. The highest BCUT2D eigenvalue weighted by Crippen LogP contribution is 1.96. The Hall–Kier alpha value is -1.85. The van der Waals surface area contributed by atoms with E-state index in [9.17, 15) is 13.2 Å². The van der Waals surface area contributed by atoms with Gasteiger partial charge < -0.3 is 10.2 Å². The molecule has 0 aromatic rings. The van der Waals surface area contributed by atoms with Gasteiger partial charge in [-0.05, 0) is 32.2 Å². The molecule has 0 spiro atoms. The maximum atomic E-state index is 11.5. The lowest BCUT2D eigenvalue weighted by Crippen LogP contribution is -2.29. The molecule has 8 heteroatoms. The van der Waals surface area contributed by atoms with E-state index >= 15 is 0 Å². The van der Waals surface area contributed by atoms with Gasteiger partial charge in [-0.1, -0.05) is 0 Å². The van der Waals surface area contributed by atoms with Crippen LogP contribution in [-0.2, 0) is 14.9 Å². The Morgan fingerprint density at radius 2 is 2.00 bits per heavy atom. The molecule has 0 saturated heterocycles. The maximum absolute atomic E-state index is 11.5. The van der Waals surface area contributed by atoms with Crippen molar-refractivity contribution in [1.82, 2.24) is 10.2 Å². The molecule has 0 radical (unpaired) electrons. The fourth-order valence-corrected chi connectivity index (χ4v) is 1.61. The average molecular weight is 301 g/mol. The number of hydrogen-bond donors (Lipinski definition) is 2. The molecule has 2 N–H and O–H groups in total. The number of hydrogen-bond acceptors (Lipinski definition) is 5. The number of rotatable bonds is 8. The first-order chi connectivity index (χ1) is 9.34. The van der Waals surface area contributed by atoms with Gasteiger partial charge in [0.1, 0.15) is 11.6 Å². The standard InChI is InChI=1S/C12H19N3O4S/c1-3-15(4-2)8-5-6-11(10-13)12(16)14-7-9-20(17,18)19/h5-6,8H,3-4,7,9H2,1-2H3,(H,14,16)(H,17,18,19). The van der Waals surface area contributed by atoms with Crippen LogP contribution in [-0.4, -0.2) is 49.2 Å². The molecule has 0 fully saturated rings. The zero-order chi connectivity index (χ0) is 15.6. The molecule has 0 saturated carbocycles. The second kappa shape index (κ2) is 9.12. The van der Waals surface area contributed by atoms with Crippen molar-refractivity contribution >= 4 is 16.0 Å². The molecule has 0 bridgehead atoms. The monoisotopic (exact) mass is 301 g/mol. The van der Waals surface area contributed by atoms with E-state index in [2.05, 4.69) is 5.32 Å². The van der Waals surface area contributed by atoms with Gasteiger partial charge in [0.15, 0.2) is 0 Å². The van der Waals surface area contributed by atoms with Gasteiger partial charge in [-0.25, -0.2) is 0 Å². The fraction of sp³-hybridized carbons (Fsp3) is 0.500. The first-order valence-corrected chi connectivity index (χ1v) is 7.71. The zero-order valence-electron chi connectivity index (χ0n) is 11.5. The third-order valence-electron chi connectivity index (χ3n) is 2.38. The van der Waals surface area contributed by atoms with Gasteiger partial charge in [-0.3, -0.25) is 9.35 Å². The first kappa shape index (κ1) is 18.1. The molecule has 0 rings (SSSR count). The minimum absolute atomic E-state index is 0.135. The molecular weight excluding hydrogens is 282 g/mol. The second-order valence-corrected chi connectivity index (χ2v) is 5.37. The van der Waals surface area contributed by atoms with Gasteiger partial charge in [0.2, 0.25) is 0 Å². The highest BCUT2D eigenvalue weighted by molar-refractivity contribution is 7.85. The Bertz CT molecular complexity index is 513. The SMILES string of the molecule is CCN(C=CC=C(C#N)C(=O)NCCS(=O)(=O)O)CC. The third kappa shape index (κ3) is 8.29. The van der Waals surface area contributed by atoms with E-state index in [1.165, 1.54) is 6.08 Å². The molecule has 0 unspecified atom stereocenters. The van der Waals surface area contributed by atoms with Crippen LogP contribution in [0.5, 0.6) is 0 Å². The Morgan fingerprint density at radius 1 is 1.40 bits per heavy atom. The lowest BCUT2D eigenvalue weighted by molar-refractivity contribution is -0.117. The van der Waals surface area contributed by atoms with Crippen molar-refractivity contribution in [2.75, 3.05) is 25.4 Å². The lowest BCUT2D eigenvalue weighted by atomic mass is 10.2. The molecule has 112 valence electrons. The van der Waals surface area contributed by atoms with Crippen LogP contribution in [0.15, 0.2) is 23.9 Å². The van der Waals surface area contributed by atoms with Crippen molar-refractivity contribution in [2.45, 2.75) is 13.8 Å². The summed E-state index contributed by atoms with van der Waals surface area (Å²) in [6, 6.07) is 1.73. The van der Waals surface area contributed by atoms with Crippen molar-refractivity contribution in [2.24, 2.45) is 0 Å². The van der Waals surface area contributed by atoms with Crippen LogP contribution in [0, 0.1) is 11.3 Å². The first-order valence-electron chi connectivity index (χ1n) is 6.10. The van der Waals surface area contributed by atoms with Crippen LogP contribution in [0.25, 0.3) is 0 Å². The van der Waals surface area contributed by atoms with E-state index in [1.54, 1.807) is 18.3 Å². The van der Waals surface area contributed by atoms with E-state index in [1.807, 2.05) is 18.7 Å². The number of carbonyl (C=O) groups is 1. The number of allylic oxidation sites excluding steroid dienone is 2. The van der Waals surface area contributed by atoms with Crippen molar-refractivity contribution in [1.29, 1.82) is 5.26 Å². The quantitative estimate of drug-likeness (QED) is 0.289. The summed E-state index contributed by atoms with van der Waals surface area (Å²) in [4.78, 5) is 13.5. The molecule has 0 aliphatic rings.